The number of nitrogens with one attached hydrogen (secondary N) is 1. The van der Waals surface area contributed by atoms with E-state index in [0.29, 0.717) is 56.0 Å². The third-order valence-electron chi connectivity index (χ3n) is 7.31. The highest BCUT2D eigenvalue weighted by molar-refractivity contribution is 7.85. The predicted molar refractivity (Wildman–Crippen MR) is 139 cm³/mol. The van der Waals surface area contributed by atoms with Gasteiger partial charge >= 0.3 is 0 Å². The van der Waals surface area contributed by atoms with Crippen molar-refractivity contribution in [2.75, 3.05) is 43.4 Å². The lowest BCUT2D eigenvalue weighted by molar-refractivity contribution is -0.137. The monoisotopic (exact) mass is 546 g/mol. The molecule has 3 fully saturated rings. The van der Waals surface area contributed by atoms with Crippen LogP contribution in [0.5, 0.6) is 0 Å². The number of rotatable bonds is 5. The fourth-order valence-electron chi connectivity index (χ4n) is 5.33. The Morgan fingerprint density at radius 3 is 2.59 bits per heavy atom. The summed E-state index contributed by atoms with van der Waals surface area (Å²) in [6, 6.07) is 11.0. The minimum Gasteiger partial charge on any atom is -0.365 e. The molecule has 3 saturated heterocycles. The Morgan fingerprint density at radius 1 is 1.16 bits per heavy atom. The van der Waals surface area contributed by atoms with Gasteiger partial charge in [0.1, 0.15) is 11.6 Å². The summed E-state index contributed by atoms with van der Waals surface area (Å²) in [5.41, 5.74) is 0.837. The van der Waals surface area contributed by atoms with E-state index in [1.54, 1.807) is 28.0 Å². The van der Waals surface area contributed by atoms with E-state index >= 15 is 0 Å². The minimum absolute atomic E-state index is 0.0000142. The molecule has 5 rings (SSSR count). The van der Waals surface area contributed by atoms with Gasteiger partial charge in [0.2, 0.25) is 11.8 Å². The van der Waals surface area contributed by atoms with Crippen LogP contribution in [0.1, 0.15) is 30.1 Å². The SMILES string of the molecule is C[C@H]1CN(C(=O)c2ccc(S(=O)CC(=O)N3CC4(CCC(=O)N4)C3)c(Cl)c2)CCN1c1cccc(F)c1. The molecule has 8 nitrogen and oxygen atoms in total. The van der Waals surface area contributed by atoms with E-state index in [1.165, 1.54) is 18.2 Å². The van der Waals surface area contributed by atoms with Crippen molar-refractivity contribution in [1.82, 2.24) is 15.1 Å². The number of halogens is 2. The molecule has 2 aromatic carbocycles. The number of nitrogens with zero attached hydrogens (tertiary/aromatic N) is 3. The molecule has 0 saturated carbocycles. The van der Waals surface area contributed by atoms with Crippen LogP contribution in [0.3, 0.4) is 0 Å². The number of carbonyl (C=O) groups is 3. The quantitative estimate of drug-likeness (QED) is 0.622. The second-order valence-corrected chi connectivity index (χ2v) is 11.8. The first-order chi connectivity index (χ1) is 17.6. The lowest BCUT2D eigenvalue weighted by Crippen LogP contribution is -2.68. The molecule has 3 amide bonds. The highest BCUT2D eigenvalue weighted by atomic mass is 35.5. The fraction of sp³-hybridized carbons (Fsp3) is 0.423. The number of carbonyl (C=O) groups excluding carboxylic acids is 3. The Hall–Kier alpha value is -2.98. The lowest BCUT2D eigenvalue weighted by Gasteiger charge is -2.47. The smallest absolute Gasteiger partial charge is 0.254 e. The summed E-state index contributed by atoms with van der Waals surface area (Å²) >= 11 is 6.40. The first kappa shape index (κ1) is 25.7. The summed E-state index contributed by atoms with van der Waals surface area (Å²) in [4.78, 5) is 42.9. The van der Waals surface area contributed by atoms with E-state index in [1.807, 2.05) is 13.0 Å². The van der Waals surface area contributed by atoms with Gasteiger partial charge in [-0.3, -0.25) is 18.6 Å². The van der Waals surface area contributed by atoms with Crippen LogP contribution in [-0.2, 0) is 20.4 Å². The predicted octanol–water partition coefficient (Wildman–Crippen LogP) is 2.43. The van der Waals surface area contributed by atoms with Gasteiger partial charge in [-0.2, -0.15) is 0 Å². The van der Waals surface area contributed by atoms with Crippen LogP contribution in [0.4, 0.5) is 10.1 Å². The first-order valence-corrected chi connectivity index (χ1v) is 13.9. The first-order valence-electron chi connectivity index (χ1n) is 12.2. The molecule has 196 valence electrons. The van der Waals surface area contributed by atoms with Crippen LogP contribution >= 0.6 is 11.6 Å². The normalized spacial score (nSPS) is 21.5. The number of amides is 3. The summed E-state index contributed by atoms with van der Waals surface area (Å²) in [7, 11) is -1.67. The maximum absolute atomic E-state index is 13.6. The van der Waals surface area contributed by atoms with E-state index in [-0.39, 0.29) is 45.9 Å². The van der Waals surface area contributed by atoms with Gasteiger partial charge in [-0.05, 0) is 49.7 Å². The van der Waals surface area contributed by atoms with Gasteiger partial charge in [-0.1, -0.05) is 17.7 Å². The summed E-state index contributed by atoms with van der Waals surface area (Å²) in [5.74, 6) is -0.957. The van der Waals surface area contributed by atoms with Crippen LogP contribution in [0.15, 0.2) is 47.4 Å². The Kier molecular flexibility index (Phi) is 6.97. The van der Waals surface area contributed by atoms with Gasteiger partial charge in [0.25, 0.3) is 5.91 Å². The van der Waals surface area contributed by atoms with Gasteiger partial charge in [0.05, 0.1) is 26.3 Å². The highest BCUT2D eigenvalue weighted by Gasteiger charge is 2.49. The molecule has 1 N–H and O–H groups in total. The molecular weight excluding hydrogens is 519 g/mol. The Bertz CT molecular complexity index is 1280. The fourth-order valence-corrected chi connectivity index (χ4v) is 6.83. The molecule has 2 aromatic rings. The van der Waals surface area contributed by atoms with Crippen LogP contribution in [-0.4, -0.2) is 81.8 Å². The zero-order valence-corrected chi connectivity index (χ0v) is 22.0. The van der Waals surface area contributed by atoms with Gasteiger partial charge in [0, 0.05) is 56.4 Å². The molecule has 0 aromatic heterocycles. The zero-order valence-electron chi connectivity index (χ0n) is 20.4. The molecule has 0 aliphatic carbocycles. The second kappa shape index (κ2) is 10.1. The molecule has 3 aliphatic rings. The number of anilines is 1. The number of piperazine rings is 1. The third-order valence-corrected chi connectivity index (χ3v) is 9.09. The van der Waals surface area contributed by atoms with Gasteiger partial charge in [-0.25, -0.2) is 4.39 Å². The van der Waals surface area contributed by atoms with E-state index < -0.39 is 10.8 Å². The van der Waals surface area contributed by atoms with Crippen LogP contribution in [0, 0.1) is 5.82 Å². The molecule has 0 radical (unpaired) electrons. The van der Waals surface area contributed by atoms with Crippen molar-refractivity contribution < 1.29 is 23.0 Å². The van der Waals surface area contributed by atoms with Crippen molar-refractivity contribution in [3.8, 4) is 0 Å². The second-order valence-electron chi connectivity index (χ2n) is 9.99. The Balaban J connectivity index is 1.18. The lowest BCUT2D eigenvalue weighted by atomic mass is 9.88. The molecule has 0 bridgehead atoms. The molecule has 37 heavy (non-hydrogen) atoms. The molecule has 1 spiro atoms. The van der Waals surface area contributed by atoms with Crippen molar-refractivity contribution in [3.05, 3.63) is 58.9 Å². The molecule has 11 heteroatoms. The Labute approximate surface area is 222 Å². The number of likely N-dealkylation sites (tertiary alicyclic amines) is 1. The summed E-state index contributed by atoms with van der Waals surface area (Å²) in [5, 5.41) is 3.09. The topological polar surface area (TPSA) is 90.0 Å². The number of hydrogen-bond acceptors (Lipinski definition) is 5. The molecule has 3 aliphatic heterocycles. The largest absolute Gasteiger partial charge is 0.365 e. The number of benzene rings is 2. The van der Waals surface area contributed by atoms with Crippen molar-refractivity contribution in [2.24, 2.45) is 0 Å². The van der Waals surface area contributed by atoms with Crippen LogP contribution in [0.25, 0.3) is 0 Å². The van der Waals surface area contributed by atoms with Gasteiger partial charge in [-0.15, -0.1) is 0 Å². The zero-order chi connectivity index (χ0) is 26.3. The van der Waals surface area contributed by atoms with Crippen LogP contribution < -0.4 is 10.2 Å². The van der Waals surface area contributed by atoms with Crippen molar-refractivity contribution in [1.29, 1.82) is 0 Å². The summed E-state index contributed by atoms with van der Waals surface area (Å²) in [6.07, 6.45) is 1.18. The maximum Gasteiger partial charge on any atom is 0.254 e. The molecular formula is C26H28ClFN4O4S. The van der Waals surface area contributed by atoms with Gasteiger partial charge in [0.15, 0.2) is 0 Å². The van der Waals surface area contributed by atoms with Crippen molar-refractivity contribution in [2.45, 2.75) is 36.2 Å². The Morgan fingerprint density at radius 2 is 1.95 bits per heavy atom. The van der Waals surface area contributed by atoms with Gasteiger partial charge < -0.3 is 20.0 Å². The van der Waals surface area contributed by atoms with E-state index in [2.05, 4.69) is 10.2 Å². The van der Waals surface area contributed by atoms with Crippen LogP contribution in [0.2, 0.25) is 5.02 Å². The van der Waals surface area contributed by atoms with E-state index in [0.717, 1.165) is 5.69 Å². The summed E-state index contributed by atoms with van der Waals surface area (Å²) in [6.45, 7) is 4.35. The van der Waals surface area contributed by atoms with Crippen molar-refractivity contribution in [3.63, 3.8) is 0 Å². The summed E-state index contributed by atoms with van der Waals surface area (Å²) < 4.78 is 26.5. The number of hydrogen-bond donors (Lipinski definition) is 1. The molecule has 1 unspecified atom stereocenters. The minimum atomic E-state index is -1.67. The standard InChI is InChI=1S/C26H28ClFN4O4S/c1-17-13-30(9-10-32(17)20-4-2-3-19(28)12-20)25(35)18-5-6-22(21(27)11-18)37(36)14-24(34)31-15-26(16-31)8-7-23(33)29-26/h2-6,11-12,17H,7-10,13-16H2,1H3,(H,29,33)/t17-,37?/m0/s1. The van der Waals surface area contributed by atoms with Crippen molar-refractivity contribution >= 4 is 45.8 Å². The highest BCUT2D eigenvalue weighted by Crippen LogP contribution is 2.31. The molecule has 3 heterocycles. The average molecular weight is 547 g/mol. The third kappa shape index (κ3) is 5.22. The van der Waals surface area contributed by atoms with E-state index in [4.69, 9.17) is 11.6 Å². The molecule has 2 atom stereocenters. The average Bonchev–Trinajstić information content (AvgIpc) is 3.24. The maximum atomic E-state index is 13.6. The van der Waals surface area contributed by atoms with E-state index in [9.17, 15) is 23.0 Å².